The summed E-state index contributed by atoms with van der Waals surface area (Å²) in [5.41, 5.74) is 1.73. The monoisotopic (exact) mass is 411 g/mol. The Morgan fingerprint density at radius 2 is 2.24 bits per heavy atom. The highest BCUT2D eigenvalue weighted by molar-refractivity contribution is 9.10. The molecule has 6 heteroatoms. The maximum atomic E-state index is 12.2. The van der Waals surface area contributed by atoms with Gasteiger partial charge >= 0.3 is 6.09 Å². The molecule has 2 heterocycles. The normalized spacial score (nSPS) is 21.0. The van der Waals surface area contributed by atoms with Crippen LogP contribution in [0.25, 0.3) is 0 Å². The number of benzene rings is 1. The minimum absolute atomic E-state index is 0.0588. The molecule has 0 spiro atoms. The summed E-state index contributed by atoms with van der Waals surface area (Å²) >= 11 is 3.54. The zero-order valence-electron chi connectivity index (χ0n) is 15.0. The highest BCUT2D eigenvalue weighted by atomic mass is 79.9. The van der Waals surface area contributed by atoms with Crippen LogP contribution in [0.1, 0.15) is 38.3 Å². The lowest BCUT2D eigenvalue weighted by atomic mass is 9.94. The number of fused-ring (bicyclic) bond motifs is 1. The maximum Gasteiger partial charge on any atom is 0.410 e. The van der Waals surface area contributed by atoms with E-state index in [1.54, 1.807) is 4.90 Å². The molecule has 1 aromatic rings. The maximum absolute atomic E-state index is 12.2. The summed E-state index contributed by atoms with van der Waals surface area (Å²) in [5.74, 6) is 0.979. The average Bonchev–Trinajstić information content (AvgIpc) is 3.14. The van der Waals surface area contributed by atoms with E-state index in [-0.39, 0.29) is 12.0 Å². The summed E-state index contributed by atoms with van der Waals surface area (Å²) in [5, 5.41) is 10.7. The minimum atomic E-state index is -0.505. The molecule has 3 rings (SSSR count). The van der Waals surface area contributed by atoms with Gasteiger partial charge in [0.15, 0.2) is 0 Å². The molecule has 0 saturated carbocycles. The third-order valence-corrected chi connectivity index (χ3v) is 5.13. The SMILES string of the molecule is CC(C)(C)OC(=O)N1CCC(C(O)Cc2cc(Br)cc3c2OCC3)C1. The van der Waals surface area contributed by atoms with Crippen LogP contribution < -0.4 is 4.74 Å². The molecule has 2 unspecified atom stereocenters. The number of nitrogens with zero attached hydrogens (tertiary/aromatic N) is 1. The first-order valence-corrected chi connectivity index (χ1v) is 9.62. The Morgan fingerprint density at radius 3 is 2.96 bits per heavy atom. The van der Waals surface area contributed by atoms with Gasteiger partial charge in [-0.05, 0) is 50.5 Å². The van der Waals surface area contributed by atoms with Crippen LogP contribution in [-0.2, 0) is 17.6 Å². The Labute approximate surface area is 157 Å². The first kappa shape index (κ1) is 18.5. The van der Waals surface area contributed by atoms with Crippen LogP contribution in [0, 0.1) is 5.92 Å². The van der Waals surface area contributed by atoms with Crippen LogP contribution >= 0.6 is 15.9 Å². The van der Waals surface area contributed by atoms with Gasteiger partial charge in [0.1, 0.15) is 11.4 Å². The number of aliphatic hydroxyl groups excluding tert-OH is 1. The van der Waals surface area contributed by atoms with Crippen molar-refractivity contribution >= 4 is 22.0 Å². The van der Waals surface area contributed by atoms with Crippen LogP contribution in [0.5, 0.6) is 5.75 Å². The standard InChI is InChI=1S/C19H26BrNO4/c1-19(2,3)25-18(23)21-6-4-13(11-21)16(22)10-14-9-15(20)8-12-5-7-24-17(12)14/h8-9,13,16,22H,4-7,10-11H2,1-3H3. The molecular weight excluding hydrogens is 386 g/mol. The van der Waals surface area contributed by atoms with Crippen LogP contribution in [0.2, 0.25) is 0 Å². The number of hydrogen-bond donors (Lipinski definition) is 1. The minimum Gasteiger partial charge on any atom is -0.493 e. The van der Waals surface area contributed by atoms with Gasteiger partial charge in [-0.2, -0.15) is 0 Å². The van der Waals surface area contributed by atoms with E-state index in [1.807, 2.05) is 26.8 Å². The van der Waals surface area contributed by atoms with Crippen molar-refractivity contribution < 1.29 is 19.4 Å². The zero-order chi connectivity index (χ0) is 18.2. The predicted octanol–water partition coefficient (Wildman–Crippen LogP) is 3.54. The van der Waals surface area contributed by atoms with Gasteiger partial charge < -0.3 is 19.5 Å². The van der Waals surface area contributed by atoms with Crippen LogP contribution in [0.15, 0.2) is 16.6 Å². The largest absolute Gasteiger partial charge is 0.493 e. The molecule has 0 aliphatic carbocycles. The molecule has 1 aromatic carbocycles. The second-order valence-corrected chi connectivity index (χ2v) is 8.81. The van der Waals surface area contributed by atoms with Gasteiger partial charge in [0.05, 0.1) is 12.7 Å². The first-order chi connectivity index (χ1) is 11.7. The molecule has 1 N–H and O–H groups in total. The van der Waals surface area contributed by atoms with Crippen molar-refractivity contribution in [3.63, 3.8) is 0 Å². The van der Waals surface area contributed by atoms with E-state index in [9.17, 15) is 9.90 Å². The molecule has 1 saturated heterocycles. The van der Waals surface area contributed by atoms with E-state index in [1.165, 1.54) is 5.56 Å². The zero-order valence-corrected chi connectivity index (χ0v) is 16.6. The van der Waals surface area contributed by atoms with Crippen molar-refractivity contribution in [2.75, 3.05) is 19.7 Å². The summed E-state index contributed by atoms with van der Waals surface area (Å²) in [7, 11) is 0. The number of halogens is 1. The van der Waals surface area contributed by atoms with Gasteiger partial charge in [-0.3, -0.25) is 0 Å². The van der Waals surface area contributed by atoms with Crippen molar-refractivity contribution in [2.24, 2.45) is 5.92 Å². The fourth-order valence-corrected chi connectivity index (χ4v) is 4.04. The first-order valence-electron chi connectivity index (χ1n) is 8.83. The molecule has 1 amide bonds. The van der Waals surface area contributed by atoms with Gasteiger partial charge in [-0.1, -0.05) is 15.9 Å². The lowest BCUT2D eigenvalue weighted by Gasteiger charge is -2.25. The average molecular weight is 412 g/mol. The summed E-state index contributed by atoms with van der Waals surface area (Å²) in [6.45, 7) is 7.45. The smallest absolute Gasteiger partial charge is 0.410 e. The molecule has 0 bridgehead atoms. The fraction of sp³-hybridized carbons (Fsp3) is 0.632. The number of amides is 1. The number of carbonyl (C=O) groups is 1. The van der Waals surface area contributed by atoms with E-state index < -0.39 is 11.7 Å². The van der Waals surface area contributed by atoms with Crippen molar-refractivity contribution in [1.82, 2.24) is 4.90 Å². The van der Waals surface area contributed by atoms with Crippen molar-refractivity contribution in [3.8, 4) is 5.75 Å². The molecule has 0 aromatic heterocycles. The van der Waals surface area contributed by atoms with E-state index in [4.69, 9.17) is 9.47 Å². The number of carbonyl (C=O) groups excluding carboxylic acids is 1. The molecular formula is C19H26BrNO4. The highest BCUT2D eigenvalue weighted by Gasteiger charge is 2.34. The van der Waals surface area contributed by atoms with E-state index in [2.05, 4.69) is 22.0 Å². The molecule has 2 atom stereocenters. The van der Waals surface area contributed by atoms with Crippen molar-refractivity contribution in [2.45, 2.75) is 51.7 Å². The number of likely N-dealkylation sites (tertiary alicyclic amines) is 1. The second-order valence-electron chi connectivity index (χ2n) is 7.90. The lowest BCUT2D eigenvalue weighted by Crippen LogP contribution is -2.36. The van der Waals surface area contributed by atoms with Gasteiger partial charge in [0, 0.05) is 36.3 Å². The van der Waals surface area contributed by atoms with Gasteiger partial charge in [-0.25, -0.2) is 4.79 Å². The third-order valence-electron chi connectivity index (χ3n) is 4.67. The molecule has 5 nitrogen and oxygen atoms in total. The Bertz CT molecular complexity index is 656. The highest BCUT2D eigenvalue weighted by Crippen LogP contribution is 2.35. The number of hydrogen-bond acceptors (Lipinski definition) is 4. The summed E-state index contributed by atoms with van der Waals surface area (Å²) in [4.78, 5) is 13.9. The number of ether oxygens (including phenoxy) is 2. The van der Waals surface area contributed by atoms with Crippen LogP contribution in [-0.4, -0.2) is 47.5 Å². The third kappa shape index (κ3) is 4.47. The Kier molecular flexibility index (Phi) is 5.30. The Balaban J connectivity index is 1.62. The van der Waals surface area contributed by atoms with Crippen molar-refractivity contribution in [3.05, 3.63) is 27.7 Å². The lowest BCUT2D eigenvalue weighted by molar-refractivity contribution is 0.0269. The molecule has 25 heavy (non-hydrogen) atoms. The molecule has 1 fully saturated rings. The molecule has 2 aliphatic rings. The molecule has 0 radical (unpaired) electrons. The topological polar surface area (TPSA) is 59.0 Å². The molecule has 138 valence electrons. The Hall–Kier alpha value is -1.27. The Morgan fingerprint density at radius 1 is 1.48 bits per heavy atom. The predicted molar refractivity (Wildman–Crippen MR) is 99.0 cm³/mol. The van der Waals surface area contributed by atoms with E-state index in [0.29, 0.717) is 26.1 Å². The van der Waals surface area contributed by atoms with Crippen LogP contribution in [0.4, 0.5) is 4.79 Å². The fourth-order valence-electron chi connectivity index (χ4n) is 3.48. The summed E-state index contributed by atoms with van der Waals surface area (Å²) in [6.07, 6.45) is 1.43. The van der Waals surface area contributed by atoms with E-state index in [0.717, 1.165) is 28.6 Å². The van der Waals surface area contributed by atoms with E-state index >= 15 is 0 Å². The van der Waals surface area contributed by atoms with Gasteiger partial charge in [0.2, 0.25) is 0 Å². The molecule has 2 aliphatic heterocycles. The number of aliphatic hydroxyl groups is 1. The second kappa shape index (κ2) is 7.16. The van der Waals surface area contributed by atoms with Crippen molar-refractivity contribution in [1.29, 1.82) is 0 Å². The van der Waals surface area contributed by atoms with Gasteiger partial charge in [0.25, 0.3) is 0 Å². The number of rotatable bonds is 3. The quantitative estimate of drug-likeness (QED) is 0.825. The summed E-state index contributed by atoms with van der Waals surface area (Å²) < 4.78 is 12.2. The summed E-state index contributed by atoms with van der Waals surface area (Å²) in [6, 6.07) is 4.10. The van der Waals surface area contributed by atoms with Crippen LogP contribution in [0.3, 0.4) is 0 Å². The van der Waals surface area contributed by atoms with Gasteiger partial charge in [-0.15, -0.1) is 0 Å².